The van der Waals surface area contributed by atoms with Crippen molar-refractivity contribution in [2.24, 2.45) is 0 Å². The van der Waals surface area contributed by atoms with E-state index in [9.17, 15) is 4.79 Å². The zero-order chi connectivity index (χ0) is 7.40. The van der Waals surface area contributed by atoms with Crippen LogP contribution in [0.4, 0.5) is 0 Å². The minimum Gasteiger partial charge on any atom is -0.468 e. The summed E-state index contributed by atoms with van der Waals surface area (Å²) in [5.41, 5.74) is 0. The second-order valence-electron chi connectivity index (χ2n) is 2.23. The number of hydrogen-bond acceptors (Lipinski definition) is 4. The van der Waals surface area contributed by atoms with Crippen LogP contribution in [-0.4, -0.2) is 38.8 Å². The number of esters is 1. The van der Waals surface area contributed by atoms with Crippen molar-refractivity contribution < 1.29 is 9.53 Å². The molecule has 1 aliphatic heterocycles. The minimum absolute atomic E-state index is 0. The summed E-state index contributed by atoms with van der Waals surface area (Å²) in [7, 11) is 1.40. The van der Waals surface area contributed by atoms with E-state index in [-0.39, 0.29) is 36.8 Å². The standard InChI is InChI=1S/C6H12N2O2.2ClH/c1-10-6(9)5-4-7-2-3-8-5;;/h5,7-8H,2-4H2,1H3;2*1H/t5-;;/m0../s1. The summed E-state index contributed by atoms with van der Waals surface area (Å²) in [5, 5.41) is 6.12. The first-order valence-electron chi connectivity index (χ1n) is 3.36. The van der Waals surface area contributed by atoms with Crippen molar-refractivity contribution in [3.8, 4) is 0 Å². The van der Waals surface area contributed by atoms with Crippen molar-refractivity contribution in [3.05, 3.63) is 0 Å². The summed E-state index contributed by atoms with van der Waals surface area (Å²) < 4.78 is 4.55. The highest BCUT2D eigenvalue weighted by Gasteiger charge is 2.19. The summed E-state index contributed by atoms with van der Waals surface area (Å²) in [6.45, 7) is 2.43. The van der Waals surface area contributed by atoms with Gasteiger partial charge < -0.3 is 15.4 Å². The second kappa shape index (κ2) is 7.61. The smallest absolute Gasteiger partial charge is 0.324 e. The zero-order valence-corrected chi connectivity index (χ0v) is 8.46. The third-order valence-electron chi connectivity index (χ3n) is 1.53. The van der Waals surface area contributed by atoms with Crippen LogP contribution in [0.2, 0.25) is 0 Å². The molecule has 1 rings (SSSR count). The average molecular weight is 217 g/mol. The SMILES string of the molecule is COC(=O)[C@@H]1CNCCN1.Cl.Cl. The summed E-state index contributed by atoms with van der Waals surface area (Å²) in [6.07, 6.45) is 0. The summed E-state index contributed by atoms with van der Waals surface area (Å²) >= 11 is 0. The Balaban J connectivity index is 0. The van der Waals surface area contributed by atoms with Crippen molar-refractivity contribution in [1.29, 1.82) is 0 Å². The number of nitrogens with one attached hydrogen (secondary N) is 2. The largest absolute Gasteiger partial charge is 0.468 e. The van der Waals surface area contributed by atoms with Gasteiger partial charge in [-0.05, 0) is 0 Å². The van der Waals surface area contributed by atoms with Gasteiger partial charge in [0.2, 0.25) is 0 Å². The van der Waals surface area contributed by atoms with Gasteiger partial charge in [0.25, 0.3) is 0 Å². The molecule has 12 heavy (non-hydrogen) atoms. The lowest BCUT2D eigenvalue weighted by Crippen LogP contribution is -2.52. The molecule has 0 unspecified atom stereocenters. The van der Waals surface area contributed by atoms with E-state index in [1.807, 2.05) is 0 Å². The van der Waals surface area contributed by atoms with Gasteiger partial charge in [0.15, 0.2) is 0 Å². The molecule has 0 aromatic rings. The van der Waals surface area contributed by atoms with Crippen LogP contribution < -0.4 is 10.6 Å². The highest BCUT2D eigenvalue weighted by Crippen LogP contribution is 1.88. The molecule has 4 nitrogen and oxygen atoms in total. The van der Waals surface area contributed by atoms with Gasteiger partial charge in [-0.25, -0.2) is 0 Å². The maximum Gasteiger partial charge on any atom is 0.324 e. The van der Waals surface area contributed by atoms with E-state index in [1.54, 1.807) is 0 Å². The second-order valence-corrected chi connectivity index (χ2v) is 2.23. The number of piperazine rings is 1. The highest BCUT2D eigenvalue weighted by molar-refractivity contribution is 5.85. The fraction of sp³-hybridized carbons (Fsp3) is 0.833. The summed E-state index contributed by atoms with van der Waals surface area (Å²) in [6, 6.07) is -0.154. The number of ether oxygens (including phenoxy) is 1. The Kier molecular flexibility index (Phi) is 9.19. The van der Waals surface area contributed by atoms with E-state index < -0.39 is 0 Å². The number of carbonyl (C=O) groups excluding carboxylic acids is 1. The van der Waals surface area contributed by atoms with E-state index in [1.165, 1.54) is 7.11 Å². The Hall–Kier alpha value is -0.0300. The number of methoxy groups -OCH3 is 1. The van der Waals surface area contributed by atoms with Gasteiger partial charge in [0.1, 0.15) is 6.04 Å². The number of hydrogen-bond donors (Lipinski definition) is 2. The maximum atomic E-state index is 10.8. The van der Waals surface area contributed by atoms with Crippen molar-refractivity contribution >= 4 is 30.8 Å². The van der Waals surface area contributed by atoms with E-state index in [2.05, 4.69) is 15.4 Å². The Bertz CT molecular complexity index is 129. The van der Waals surface area contributed by atoms with Crippen LogP contribution in [0, 0.1) is 0 Å². The molecule has 6 heteroatoms. The monoisotopic (exact) mass is 216 g/mol. The molecule has 0 saturated carbocycles. The molecular weight excluding hydrogens is 203 g/mol. The third kappa shape index (κ3) is 4.11. The van der Waals surface area contributed by atoms with E-state index in [0.29, 0.717) is 6.54 Å². The predicted octanol–water partition coefficient (Wildman–Crippen LogP) is -0.436. The van der Waals surface area contributed by atoms with Gasteiger partial charge in [-0.1, -0.05) is 0 Å². The molecule has 0 amide bonds. The van der Waals surface area contributed by atoms with E-state index >= 15 is 0 Å². The molecule has 1 heterocycles. The summed E-state index contributed by atoms with van der Waals surface area (Å²) in [4.78, 5) is 10.8. The first kappa shape index (κ1) is 14.5. The molecule has 2 N–H and O–H groups in total. The van der Waals surface area contributed by atoms with Crippen molar-refractivity contribution in [2.45, 2.75) is 6.04 Å². The van der Waals surface area contributed by atoms with Crippen LogP contribution in [0.1, 0.15) is 0 Å². The van der Waals surface area contributed by atoms with Gasteiger partial charge >= 0.3 is 5.97 Å². The van der Waals surface area contributed by atoms with Crippen molar-refractivity contribution in [2.75, 3.05) is 26.7 Å². The number of halogens is 2. The van der Waals surface area contributed by atoms with Gasteiger partial charge in [-0.15, -0.1) is 24.8 Å². The average Bonchev–Trinajstić information content (AvgIpc) is 2.05. The zero-order valence-electron chi connectivity index (χ0n) is 6.83. The van der Waals surface area contributed by atoms with Gasteiger partial charge in [-0.3, -0.25) is 4.79 Å². The Morgan fingerprint density at radius 1 is 1.42 bits per heavy atom. The molecule has 0 spiro atoms. The quantitative estimate of drug-likeness (QED) is 0.585. The Morgan fingerprint density at radius 3 is 2.50 bits per heavy atom. The summed E-state index contributed by atoms with van der Waals surface area (Å²) in [5.74, 6) is -0.188. The molecule has 0 aromatic carbocycles. The molecule has 0 aliphatic carbocycles. The highest BCUT2D eigenvalue weighted by atomic mass is 35.5. The molecule has 0 radical (unpaired) electrons. The lowest BCUT2D eigenvalue weighted by molar-refractivity contribution is -0.143. The van der Waals surface area contributed by atoms with Gasteiger partial charge in [0, 0.05) is 19.6 Å². The molecule has 0 aromatic heterocycles. The fourth-order valence-corrected chi connectivity index (χ4v) is 0.962. The number of carbonyl (C=O) groups is 1. The fourth-order valence-electron chi connectivity index (χ4n) is 0.962. The molecular formula is C6H14Cl2N2O2. The van der Waals surface area contributed by atoms with Crippen molar-refractivity contribution in [3.63, 3.8) is 0 Å². The maximum absolute atomic E-state index is 10.8. The van der Waals surface area contributed by atoms with Crippen LogP contribution >= 0.6 is 24.8 Å². The normalized spacial score (nSPS) is 21.6. The van der Waals surface area contributed by atoms with Crippen LogP contribution in [0.15, 0.2) is 0 Å². The third-order valence-corrected chi connectivity index (χ3v) is 1.53. The topological polar surface area (TPSA) is 50.4 Å². The molecule has 1 saturated heterocycles. The Morgan fingerprint density at radius 2 is 2.08 bits per heavy atom. The van der Waals surface area contributed by atoms with Crippen LogP contribution in [0.5, 0.6) is 0 Å². The lowest BCUT2D eigenvalue weighted by atomic mass is 10.2. The molecule has 1 fully saturated rings. The van der Waals surface area contributed by atoms with Crippen LogP contribution in [-0.2, 0) is 9.53 Å². The van der Waals surface area contributed by atoms with Crippen LogP contribution in [0.3, 0.4) is 0 Å². The van der Waals surface area contributed by atoms with Crippen LogP contribution in [0.25, 0.3) is 0 Å². The lowest BCUT2D eigenvalue weighted by Gasteiger charge is -2.21. The molecule has 74 valence electrons. The molecule has 1 aliphatic rings. The Labute approximate surface area is 84.2 Å². The molecule has 0 bridgehead atoms. The van der Waals surface area contributed by atoms with E-state index in [4.69, 9.17) is 0 Å². The van der Waals surface area contributed by atoms with E-state index in [0.717, 1.165) is 13.1 Å². The van der Waals surface area contributed by atoms with Gasteiger partial charge in [0.05, 0.1) is 7.11 Å². The molecule has 1 atom stereocenters. The number of rotatable bonds is 1. The van der Waals surface area contributed by atoms with Gasteiger partial charge in [-0.2, -0.15) is 0 Å². The first-order valence-corrected chi connectivity index (χ1v) is 3.36. The van der Waals surface area contributed by atoms with Crippen molar-refractivity contribution in [1.82, 2.24) is 10.6 Å². The minimum atomic E-state index is -0.188. The first-order chi connectivity index (χ1) is 4.84. The predicted molar refractivity (Wildman–Crippen MR) is 51.2 cm³/mol.